The van der Waals surface area contributed by atoms with E-state index in [4.69, 9.17) is 18.9 Å². The number of rotatable bonds is 8. The number of carbonyl (C=O) groups excluding carboxylic acids is 2. The van der Waals surface area contributed by atoms with Crippen LogP contribution in [-0.4, -0.2) is 67.2 Å². The molecule has 1 heterocycles. The Bertz CT molecular complexity index is 648. The molecule has 2 aliphatic carbocycles. The maximum absolute atomic E-state index is 13.2. The second-order valence-corrected chi connectivity index (χ2v) is 11.2. The molecule has 196 valence electrons. The minimum absolute atomic E-state index is 0.0172. The largest absolute Gasteiger partial charge is 0.466 e. The van der Waals surface area contributed by atoms with Crippen LogP contribution >= 0.6 is 0 Å². The highest BCUT2D eigenvalue weighted by atomic mass is 16.6. The van der Waals surface area contributed by atoms with Gasteiger partial charge in [-0.1, -0.05) is 32.1 Å². The average molecular weight is 482 g/mol. The minimum Gasteiger partial charge on any atom is -0.466 e. The highest BCUT2D eigenvalue weighted by Crippen LogP contribution is 2.40. The van der Waals surface area contributed by atoms with Gasteiger partial charge in [-0.2, -0.15) is 0 Å². The first-order chi connectivity index (χ1) is 16.2. The Morgan fingerprint density at radius 1 is 0.882 bits per heavy atom. The van der Waals surface area contributed by atoms with Crippen LogP contribution in [0.4, 0.5) is 4.79 Å². The van der Waals surface area contributed by atoms with Crippen molar-refractivity contribution < 1.29 is 28.5 Å². The van der Waals surface area contributed by atoms with Crippen molar-refractivity contribution in [1.29, 1.82) is 0 Å². The van der Waals surface area contributed by atoms with Crippen LogP contribution in [0.3, 0.4) is 0 Å². The summed E-state index contributed by atoms with van der Waals surface area (Å²) in [5, 5.41) is 0. The van der Waals surface area contributed by atoms with Gasteiger partial charge < -0.3 is 18.9 Å². The van der Waals surface area contributed by atoms with Crippen molar-refractivity contribution in [2.45, 2.75) is 116 Å². The number of likely N-dealkylation sites (tertiary alicyclic amines) is 1. The van der Waals surface area contributed by atoms with Gasteiger partial charge in [-0.25, -0.2) is 4.79 Å². The summed E-state index contributed by atoms with van der Waals surface area (Å²) in [6.45, 7) is 11.8. The third kappa shape index (κ3) is 7.33. The molecular formula is C27H47NO6. The summed E-state index contributed by atoms with van der Waals surface area (Å²) in [7, 11) is 0. The summed E-state index contributed by atoms with van der Waals surface area (Å²) >= 11 is 0. The predicted molar refractivity (Wildman–Crippen MR) is 131 cm³/mol. The van der Waals surface area contributed by atoms with Crippen LogP contribution in [0.2, 0.25) is 0 Å². The molecule has 3 fully saturated rings. The van der Waals surface area contributed by atoms with Crippen molar-refractivity contribution in [1.82, 2.24) is 4.90 Å². The van der Waals surface area contributed by atoms with E-state index in [9.17, 15) is 9.59 Å². The van der Waals surface area contributed by atoms with E-state index in [1.807, 2.05) is 39.5 Å². The van der Waals surface area contributed by atoms with Gasteiger partial charge in [0.15, 0.2) is 0 Å². The van der Waals surface area contributed by atoms with E-state index < -0.39 is 5.60 Å². The second-order valence-electron chi connectivity index (χ2n) is 11.2. The molecule has 3 aliphatic rings. The Morgan fingerprint density at radius 3 is 2.15 bits per heavy atom. The summed E-state index contributed by atoms with van der Waals surface area (Å²) < 4.78 is 23.7. The van der Waals surface area contributed by atoms with Crippen LogP contribution in [0.1, 0.15) is 92.4 Å². The molecule has 2 saturated carbocycles. The lowest BCUT2D eigenvalue weighted by molar-refractivity contribution is -0.150. The summed E-state index contributed by atoms with van der Waals surface area (Å²) in [6.07, 6.45) is 9.32. The fraction of sp³-hybridized carbons (Fsp3) is 0.926. The first-order valence-corrected chi connectivity index (χ1v) is 13.6. The molecule has 0 aromatic rings. The summed E-state index contributed by atoms with van der Waals surface area (Å²) in [5.41, 5.74) is -0.544. The Kier molecular flexibility index (Phi) is 10.1. The molecule has 3 rings (SSSR count). The topological polar surface area (TPSA) is 74.3 Å². The fourth-order valence-electron chi connectivity index (χ4n) is 6.01. The van der Waals surface area contributed by atoms with E-state index in [2.05, 4.69) is 0 Å². The fourth-order valence-corrected chi connectivity index (χ4v) is 6.01. The quantitative estimate of drug-likeness (QED) is 0.435. The number of esters is 1. The Labute approximate surface area is 206 Å². The van der Waals surface area contributed by atoms with E-state index in [-0.39, 0.29) is 36.2 Å². The van der Waals surface area contributed by atoms with Crippen molar-refractivity contribution in [3.8, 4) is 0 Å². The number of ether oxygens (including phenoxy) is 4. The van der Waals surface area contributed by atoms with Gasteiger partial charge in [0.2, 0.25) is 0 Å². The zero-order chi connectivity index (χ0) is 24.7. The first-order valence-electron chi connectivity index (χ1n) is 13.6. The lowest BCUT2D eigenvalue weighted by atomic mass is 9.78. The molecule has 0 N–H and O–H groups in total. The third-order valence-corrected chi connectivity index (χ3v) is 7.65. The van der Waals surface area contributed by atoms with Gasteiger partial charge in [0.1, 0.15) is 5.60 Å². The lowest BCUT2D eigenvalue weighted by Gasteiger charge is -2.34. The highest BCUT2D eigenvalue weighted by Gasteiger charge is 2.49. The number of hydrogen-bond donors (Lipinski definition) is 0. The van der Waals surface area contributed by atoms with Gasteiger partial charge in [-0.15, -0.1) is 0 Å². The lowest BCUT2D eigenvalue weighted by Crippen LogP contribution is -2.46. The standard InChI is InChI=1S/C27H47NO6/c1-6-31-24-22(19-11-9-8-10-12-19)17-28(26(30)34-27(3,4)5)23(24)18-33-21-15-13-20(14-16-21)25(29)32-7-2/h19-24H,6-18H2,1-5H3/t20?,21?,22-,23+,24-/m0/s1. The zero-order valence-corrected chi connectivity index (χ0v) is 22.1. The molecule has 0 radical (unpaired) electrons. The molecule has 1 saturated heterocycles. The molecule has 0 aromatic carbocycles. The number of hydrogen-bond acceptors (Lipinski definition) is 6. The summed E-state index contributed by atoms with van der Waals surface area (Å²) in [5.74, 6) is 0.803. The summed E-state index contributed by atoms with van der Waals surface area (Å²) in [4.78, 5) is 27.2. The van der Waals surface area contributed by atoms with E-state index in [0.29, 0.717) is 38.2 Å². The number of amides is 1. The second kappa shape index (κ2) is 12.6. The van der Waals surface area contributed by atoms with Crippen molar-refractivity contribution in [2.75, 3.05) is 26.4 Å². The van der Waals surface area contributed by atoms with Gasteiger partial charge in [0.25, 0.3) is 0 Å². The predicted octanol–water partition coefficient (Wildman–Crippen LogP) is 5.35. The first kappa shape index (κ1) is 27.3. The van der Waals surface area contributed by atoms with Gasteiger partial charge >= 0.3 is 12.1 Å². The van der Waals surface area contributed by atoms with Crippen LogP contribution in [-0.2, 0) is 23.7 Å². The van der Waals surface area contributed by atoms with Crippen molar-refractivity contribution >= 4 is 12.1 Å². The molecule has 7 nitrogen and oxygen atoms in total. The van der Waals surface area contributed by atoms with Gasteiger partial charge in [0, 0.05) is 19.1 Å². The summed E-state index contributed by atoms with van der Waals surface area (Å²) in [6, 6.07) is -0.149. The van der Waals surface area contributed by atoms with Crippen molar-refractivity contribution in [2.24, 2.45) is 17.8 Å². The van der Waals surface area contributed by atoms with Crippen molar-refractivity contribution in [3.63, 3.8) is 0 Å². The molecule has 1 amide bonds. The van der Waals surface area contributed by atoms with E-state index >= 15 is 0 Å². The smallest absolute Gasteiger partial charge is 0.410 e. The molecule has 34 heavy (non-hydrogen) atoms. The van der Waals surface area contributed by atoms with E-state index in [1.54, 1.807) is 0 Å². The normalized spacial score (nSPS) is 30.9. The van der Waals surface area contributed by atoms with E-state index in [0.717, 1.165) is 25.7 Å². The number of carbonyl (C=O) groups is 2. The maximum Gasteiger partial charge on any atom is 0.410 e. The van der Waals surface area contributed by atoms with Crippen LogP contribution in [0, 0.1) is 17.8 Å². The highest BCUT2D eigenvalue weighted by molar-refractivity contribution is 5.72. The minimum atomic E-state index is -0.544. The molecule has 3 atom stereocenters. The number of nitrogens with zero attached hydrogens (tertiary/aromatic N) is 1. The van der Waals surface area contributed by atoms with E-state index in [1.165, 1.54) is 32.1 Å². The Hall–Kier alpha value is -1.34. The van der Waals surface area contributed by atoms with Gasteiger partial charge in [-0.3, -0.25) is 9.69 Å². The van der Waals surface area contributed by atoms with Crippen molar-refractivity contribution in [3.05, 3.63) is 0 Å². The molecule has 0 aromatic heterocycles. The maximum atomic E-state index is 13.2. The molecular weight excluding hydrogens is 434 g/mol. The Balaban J connectivity index is 1.67. The molecule has 1 aliphatic heterocycles. The molecule has 0 spiro atoms. The monoisotopic (exact) mass is 481 g/mol. The molecule has 0 bridgehead atoms. The molecule has 7 heteroatoms. The van der Waals surface area contributed by atoms with Gasteiger partial charge in [0.05, 0.1) is 37.4 Å². The Morgan fingerprint density at radius 2 is 1.56 bits per heavy atom. The van der Waals surface area contributed by atoms with Crippen LogP contribution in [0.25, 0.3) is 0 Å². The van der Waals surface area contributed by atoms with Crippen LogP contribution < -0.4 is 0 Å². The third-order valence-electron chi connectivity index (χ3n) is 7.65. The molecule has 0 unspecified atom stereocenters. The van der Waals surface area contributed by atoms with Gasteiger partial charge in [-0.05, 0) is 66.2 Å². The SMILES string of the molecule is CCOC(=O)C1CCC(OC[C@@H]2[C@@H](OCC)[C@H](C3CCCCC3)CN2C(=O)OC(C)(C)C)CC1. The zero-order valence-electron chi connectivity index (χ0n) is 22.1. The van der Waals surface area contributed by atoms with Crippen LogP contribution in [0.5, 0.6) is 0 Å². The average Bonchev–Trinajstić information content (AvgIpc) is 3.16. The van der Waals surface area contributed by atoms with Crippen LogP contribution in [0.15, 0.2) is 0 Å².